The zero-order valence-electron chi connectivity index (χ0n) is 16.6. The van der Waals surface area contributed by atoms with E-state index in [1.54, 1.807) is 0 Å². The lowest BCUT2D eigenvalue weighted by Gasteiger charge is -2.10. The van der Waals surface area contributed by atoms with Gasteiger partial charge in [-0.05, 0) is 24.3 Å². The van der Waals surface area contributed by atoms with Gasteiger partial charge in [0.25, 0.3) is 0 Å². The van der Waals surface area contributed by atoms with Crippen molar-refractivity contribution in [2.75, 3.05) is 6.61 Å². The lowest BCUT2D eigenvalue weighted by Crippen LogP contribution is -2.08. The van der Waals surface area contributed by atoms with Crippen LogP contribution >= 0.6 is 0 Å². The van der Waals surface area contributed by atoms with Crippen molar-refractivity contribution < 1.29 is 14.6 Å². The maximum Gasteiger partial charge on any atom is 0.331 e. The van der Waals surface area contributed by atoms with Crippen LogP contribution in [-0.4, -0.2) is 23.8 Å². The fourth-order valence-corrected chi connectivity index (χ4v) is 3.46. The van der Waals surface area contributed by atoms with E-state index < -0.39 is 0 Å². The van der Waals surface area contributed by atoms with Crippen LogP contribution in [0.5, 0.6) is 0 Å². The smallest absolute Gasteiger partial charge is 0.331 e. The topological polar surface area (TPSA) is 46.5 Å². The zero-order chi connectivity index (χ0) is 18.3. The van der Waals surface area contributed by atoms with Gasteiger partial charge in [-0.3, -0.25) is 0 Å². The van der Waals surface area contributed by atoms with Gasteiger partial charge in [0.05, 0.1) is 6.10 Å². The third kappa shape index (κ3) is 13.1. The molecule has 0 saturated heterocycles. The van der Waals surface area contributed by atoms with Gasteiger partial charge in [0, 0.05) is 6.08 Å². The van der Waals surface area contributed by atoms with Gasteiger partial charge in [-0.25, -0.2) is 4.79 Å². The van der Waals surface area contributed by atoms with Crippen LogP contribution in [0, 0.1) is 5.92 Å². The maximum absolute atomic E-state index is 11.0. The van der Waals surface area contributed by atoms with Crippen molar-refractivity contribution in [1.82, 2.24) is 0 Å². The van der Waals surface area contributed by atoms with Gasteiger partial charge in [0.15, 0.2) is 0 Å². The predicted octanol–water partition coefficient (Wildman–Crippen LogP) is 5.95. The van der Waals surface area contributed by atoms with Crippen LogP contribution in [0.2, 0.25) is 0 Å². The SMILES string of the molecule is CC(C)CCCCCCCCCCCCC[C@@H](O)CC1=CC(=O)OC1. The zero-order valence-corrected chi connectivity index (χ0v) is 16.6. The molecule has 1 rings (SSSR count). The van der Waals surface area contributed by atoms with Crippen molar-refractivity contribution in [3.8, 4) is 0 Å². The number of hydrogen-bond acceptors (Lipinski definition) is 3. The molecule has 0 unspecified atom stereocenters. The van der Waals surface area contributed by atoms with E-state index in [2.05, 4.69) is 13.8 Å². The van der Waals surface area contributed by atoms with Gasteiger partial charge >= 0.3 is 5.97 Å². The van der Waals surface area contributed by atoms with Crippen molar-refractivity contribution >= 4 is 5.97 Å². The normalized spacial score (nSPS) is 15.5. The first kappa shape index (κ1) is 22.2. The Morgan fingerprint density at radius 3 is 1.80 bits per heavy atom. The number of rotatable bonds is 16. The monoisotopic (exact) mass is 352 g/mol. The number of cyclic esters (lactones) is 1. The van der Waals surface area contributed by atoms with E-state index in [0.29, 0.717) is 13.0 Å². The summed E-state index contributed by atoms with van der Waals surface area (Å²) in [6.07, 6.45) is 18.7. The molecule has 0 aromatic heterocycles. The van der Waals surface area contributed by atoms with Crippen LogP contribution in [0.25, 0.3) is 0 Å². The van der Waals surface area contributed by atoms with E-state index in [4.69, 9.17) is 4.74 Å². The molecule has 1 atom stereocenters. The summed E-state index contributed by atoms with van der Waals surface area (Å²) in [5, 5.41) is 9.98. The third-order valence-electron chi connectivity index (χ3n) is 5.04. The molecule has 0 saturated carbocycles. The molecule has 1 heterocycles. The molecule has 0 aliphatic carbocycles. The van der Waals surface area contributed by atoms with Crippen molar-refractivity contribution in [3.63, 3.8) is 0 Å². The lowest BCUT2D eigenvalue weighted by molar-refractivity contribution is -0.134. The first-order valence-corrected chi connectivity index (χ1v) is 10.6. The molecule has 3 heteroatoms. The largest absolute Gasteiger partial charge is 0.458 e. The third-order valence-corrected chi connectivity index (χ3v) is 5.04. The van der Waals surface area contributed by atoms with Gasteiger partial charge < -0.3 is 9.84 Å². The summed E-state index contributed by atoms with van der Waals surface area (Å²) in [6.45, 7) is 4.99. The van der Waals surface area contributed by atoms with Crippen molar-refractivity contribution in [2.24, 2.45) is 5.92 Å². The minimum absolute atomic E-state index is 0.266. The summed E-state index contributed by atoms with van der Waals surface area (Å²) in [7, 11) is 0. The molecule has 25 heavy (non-hydrogen) atoms. The van der Waals surface area contributed by atoms with E-state index in [0.717, 1.165) is 24.3 Å². The standard InChI is InChI=1S/C22H40O3/c1-19(2)14-12-10-8-6-4-3-5-7-9-11-13-15-21(23)16-20-17-22(24)25-18-20/h17,19,21,23H,3-16,18H2,1-2H3/t21-/m1/s1. The first-order valence-electron chi connectivity index (χ1n) is 10.6. The highest BCUT2D eigenvalue weighted by atomic mass is 16.5. The fraction of sp³-hybridized carbons (Fsp3) is 0.864. The minimum atomic E-state index is -0.323. The molecular weight excluding hydrogens is 312 g/mol. The van der Waals surface area contributed by atoms with E-state index in [1.807, 2.05) is 0 Å². The Balaban J connectivity index is 1.78. The number of aliphatic hydroxyl groups is 1. The van der Waals surface area contributed by atoms with Gasteiger partial charge in [0.1, 0.15) is 6.61 Å². The number of hydrogen-bond donors (Lipinski definition) is 1. The summed E-state index contributed by atoms with van der Waals surface area (Å²) in [4.78, 5) is 11.0. The molecule has 0 aromatic carbocycles. The molecule has 0 amide bonds. The molecule has 1 aliphatic rings. The van der Waals surface area contributed by atoms with Crippen molar-refractivity contribution in [3.05, 3.63) is 11.6 Å². The average Bonchev–Trinajstić information content (AvgIpc) is 2.96. The van der Waals surface area contributed by atoms with E-state index in [-0.39, 0.29) is 12.1 Å². The van der Waals surface area contributed by atoms with E-state index >= 15 is 0 Å². The second kappa shape index (κ2) is 14.4. The number of carbonyl (C=O) groups is 1. The second-order valence-electron chi connectivity index (χ2n) is 8.13. The van der Waals surface area contributed by atoms with Crippen LogP contribution < -0.4 is 0 Å². The number of unbranched alkanes of at least 4 members (excludes halogenated alkanes) is 10. The summed E-state index contributed by atoms with van der Waals surface area (Å²) >= 11 is 0. The first-order chi connectivity index (χ1) is 12.1. The number of carbonyl (C=O) groups excluding carboxylic acids is 1. The molecule has 0 bridgehead atoms. The van der Waals surface area contributed by atoms with Crippen molar-refractivity contribution in [2.45, 2.75) is 110 Å². The molecule has 146 valence electrons. The second-order valence-corrected chi connectivity index (χ2v) is 8.13. The van der Waals surface area contributed by atoms with Crippen LogP contribution in [-0.2, 0) is 9.53 Å². The van der Waals surface area contributed by atoms with E-state index in [1.165, 1.54) is 76.7 Å². The highest BCUT2D eigenvalue weighted by molar-refractivity contribution is 5.85. The van der Waals surface area contributed by atoms with Gasteiger partial charge in [-0.2, -0.15) is 0 Å². The quantitative estimate of drug-likeness (QED) is 0.276. The molecule has 0 fully saturated rings. The maximum atomic E-state index is 11.0. The summed E-state index contributed by atoms with van der Waals surface area (Å²) in [6, 6.07) is 0. The fourth-order valence-electron chi connectivity index (χ4n) is 3.46. The summed E-state index contributed by atoms with van der Waals surface area (Å²) in [5.74, 6) is 0.594. The highest BCUT2D eigenvalue weighted by Gasteiger charge is 2.15. The molecule has 3 nitrogen and oxygen atoms in total. The molecule has 0 spiro atoms. The van der Waals surface area contributed by atoms with Crippen LogP contribution in [0.3, 0.4) is 0 Å². The Kier molecular flexibility index (Phi) is 12.8. The Hall–Kier alpha value is -0.830. The molecule has 0 radical (unpaired) electrons. The Bertz CT molecular complexity index is 373. The van der Waals surface area contributed by atoms with Crippen LogP contribution in [0.15, 0.2) is 11.6 Å². The number of ether oxygens (including phenoxy) is 1. The Morgan fingerprint density at radius 1 is 0.880 bits per heavy atom. The average molecular weight is 353 g/mol. The summed E-state index contributed by atoms with van der Waals surface area (Å²) in [5.41, 5.74) is 0.932. The summed E-state index contributed by atoms with van der Waals surface area (Å²) < 4.78 is 4.85. The highest BCUT2D eigenvalue weighted by Crippen LogP contribution is 2.17. The van der Waals surface area contributed by atoms with Gasteiger partial charge in [0.2, 0.25) is 0 Å². The molecular formula is C22H40O3. The Labute approximate surface area is 155 Å². The molecule has 0 aromatic rings. The van der Waals surface area contributed by atoms with Crippen LogP contribution in [0.4, 0.5) is 0 Å². The van der Waals surface area contributed by atoms with Gasteiger partial charge in [-0.1, -0.05) is 90.9 Å². The Morgan fingerprint density at radius 2 is 1.36 bits per heavy atom. The minimum Gasteiger partial charge on any atom is -0.458 e. The lowest BCUT2D eigenvalue weighted by atomic mass is 10.0. The number of esters is 1. The predicted molar refractivity (Wildman–Crippen MR) is 105 cm³/mol. The van der Waals surface area contributed by atoms with Crippen LogP contribution in [0.1, 0.15) is 104 Å². The van der Waals surface area contributed by atoms with E-state index in [9.17, 15) is 9.90 Å². The van der Waals surface area contributed by atoms with Crippen molar-refractivity contribution in [1.29, 1.82) is 0 Å². The molecule has 1 aliphatic heterocycles. The molecule has 1 N–H and O–H groups in total. The number of aliphatic hydroxyl groups excluding tert-OH is 1. The van der Waals surface area contributed by atoms with Gasteiger partial charge in [-0.15, -0.1) is 0 Å².